The summed E-state index contributed by atoms with van der Waals surface area (Å²) < 4.78 is 17.9. The molecule has 4 bridgehead atoms. The third-order valence-corrected chi connectivity index (χ3v) is 3.90. The Bertz CT molecular complexity index is 216. The molecule has 0 N–H and O–H groups in total. The summed E-state index contributed by atoms with van der Waals surface area (Å²) in [6.45, 7) is 4.37. The Balaban J connectivity index is 1.80. The van der Waals surface area contributed by atoms with E-state index in [-0.39, 0.29) is 0 Å². The van der Waals surface area contributed by atoms with Crippen LogP contribution in [0.1, 0.15) is 46.0 Å². The second-order valence-electron chi connectivity index (χ2n) is 5.22. The molecule has 3 aliphatic heterocycles. The average molecular weight is 212 g/mol. The zero-order valence-corrected chi connectivity index (χ0v) is 9.57. The molecule has 4 rings (SSSR count). The molecule has 3 saturated heterocycles. The van der Waals surface area contributed by atoms with Crippen molar-refractivity contribution < 1.29 is 14.2 Å². The molecule has 1 aliphatic carbocycles. The Morgan fingerprint density at radius 1 is 1.07 bits per heavy atom. The van der Waals surface area contributed by atoms with Crippen LogP contribution in [0.4, 0.5) is 0 Å². The summed E-state index contributed by atoms with van der Waals surface area (Å²) in [4.78, 5) is 0. The van der Waals surface area contributed by atoms with Gasteiger partial charge in [0.25, 0.3) is 5.97 Å². The fourth-order valence-corrected chi connectivity index (χ4v) is 3.20. The van der Waals surface area contributed by atoms with Crippen LogP contribution < -0.4 is 0 Å². The number of ether oxygens (including phenoxy) is 3. The van der Waals surface area contributed by atoms with Crippen molar-refractivity contribution in [2.45, 2.75) is 70.2 Å². The normalized spacial score (nSPS) is 49.6. The Hall–Kier alpha value is -0.120. The first kappa shape index (κ1) is 10.1. The van der Waals surface area contributed by atoms with Crippen molar-refractivity contribution >= 4 is 0 Å². The van der Waals surface area contributed by atoms with Crippen molar-refractivity contribution in [1.29, 1.82) is 0 Å². The smallest absolute Gasteiger partial charge is 0.286 e. The summed E-state index contributed by atoms with van der Waals surface area (Å²) in [5, 5.41) is 0. The molecule has 1 atom stereocenters. The monoisotopic (exact) mass is 212 g/mol. The topological polar surface area (TPSA) is 27.7 Å². The lowest BCUT2D eigenvalue weighted by Crippen LogP contribution is -2.64. The highest BCUT2D eigenvalue weighted by atomic mass is 16.9. The van der Waals surface area contributed by atoms with Crippen molar-refractivity contribution in [2.75, 3.05) is 0 Å². The Morgan fingerprint density at radius 2 is 1.53 bits per heavy atom. The van der Waals surface area contributed by atoms with E-state index >= 15 is 0 Å². The molecular formula is C12H20O3. The minimum absolute atomic E-state index is 0.343. The highest BCUT2D eigenvalue weighted by Crippen LogP contribution is 2.48. The van der Waals surface area contributed by atoms with Crippen LogP contribution in [-0.4, -0.2) is 24.3 Å². The lowest BCUT2D eigenvalue weighted by molar-refractivity contribution is -0.509. The third-order valence-electron chi connectivity index (χ3n) is 3.90. The highest BCUT2D eigenvalue weighted by Gasteiger charge is 2.56. The van der Waals surface area contributed by atoms with E-state index in [0.717, 1.165) is 32.1 Å². The molecule has 0 amide bonds. The standard InChI is InChI=1S/C12H20O3/c1-3-4-8(2)12-13-9-5-10(14-12)7-11(6-9)15-12/h8-11H,3-7H2,1-2H3. The Labute approximate surface area is 91.1 Å². The van der Waals surface area contributed by atoms with Crippen LogP contribution in [0.25, 0.3) is 0 Å². The maximum absolute atomic E-state index is 5.98. The van der Waals surface area contributed by atoms with E-state index < -0.39 is 5.97 Å². The molecule has 4 aliphatic rings. The van der Waals surface area contributed by atoms with E-state index in [2.05, 4.69) is 13.8 Å². The molecule has 3 heteroatoms. The predicted molar refractivity (Wildman–Crippen MR) is 55.3 cm³/mol. The fraction of sp³-hybridized carbons (Fsp3) is 1.00. The molecular weight excluding hydrogens is 192 g/mol. The molecule has 3 nitrogen and oxygen atoms in total. The SMILES string of the molecule is CCCC(C)C12OC3CC(CC(C3)O1)O2. The zero-order valence-electron chi connectivity index (χ0n) is 9.57. The Morgan fingerprint density at radius 3 is 1.93 bits per heavy atom. The van der Waals surface area contributed by atoms with Crippen LogP contribution in [0.2, 0.25) is 0 Å². The summed E-state index contributed by atoms with van der Waals surface area (Å²) in [6, 6.07) is 0. The van der Waals surface area contributed by atoms with E-state index in [4.69, 9.17) is 14.2 Å². The first-order valence-electron chi connectivity index (χ1n) is 6.25. The van der Waals surface area contributed by atoms with E-state index in [1.165, 1.54) is 0 Å². The van der Waals surface area contributed by atoms with Crippen molar-refractivity contribution in [3.05, 3.63) is 0 Å². The largest absolute Gasteiger partial charge is 0.324 e. The first-order chi connectivity index (χ1) is 7.22. The third kappa shape index (κ3) is 1.52. The van der Waals surface area contributed by atoms with Crippen molar-refractivity contribution in [3.8, 4) is 0 Å². The lowest BCUT2D eigenvalue weighted by Gasteiger charge is -2.57. The van der Waals surface area contributed by atoms with Gasteiger partial charge in [-0.2, -0.15) is 0 Å². The van der Waals surface area contributed by atoms with Gasteiger partial charge in [-0.05, 0) is 6.42 Å². The summed E-state index contributed by atoms with van der Waals surface area (Å²) in [5.74, 6) is -0.346. The molecule has 0 aromatic carbocycles. The molecule has 0 aromatic heterocycles. The Kier molecular flexibility index (Phi) is 2.31. The van der Waals surface area contributed by atoms with Gasteiger partial charge in [-0.15, -0.1) is 0 Å². The van der Waals surface area contributed by atoms with E-state index in [1.54, 1.807) is 0 Å². The fourth-order valence-electron chi connectivity index (χ4n) is 3.20. The van der Waals surface area contributed by atoms with Crippen LogP contribution in [0.5, 0.6) is 0 Å². The van der Waals surface area contributed by atoms with Gasteiger partial charge in [0.1, 0.15) is 0 Å². The maximum atomic E-state index is 5.98. The van der Waals surface area contributed by atoms with Gasteiger partial charge in [0.15, 0.2) is 0 Å². The molecule has 0 aromatic rings. The van der Waals surface area contributed by atoms with Gasteiger partial charge < -0.3 is 14.2 Å². The van der Waals surface area contributed by atoms with Gasteiger partial charge in [-0.3, -0.25) is 0 Å². The van der Waals surface area contributed by atoms with Crippen molar-refractivity contribution in [2.24, 2.45) is 5.92 Å². The summed E-state index contributed by atoms with van der Waals surface area (Å²) in [7, 11) is 0. The second kappa shape index (κ2) is 3.44. The minimum Gasteiger partial charge on any atom is -0.324 e. The summed E-state index contributed by atoms with van der Waals surface area (Å²) >= 11 is 0. The van der Waals surface area contributed by atoms with Crippen molar-refractivity contribution in [1.82, 2.24) is 0 Å². The molecule has 4 fully saturated rings. The lowest BCUT2D eigenvalue weighted by atomic mass is 9.87. The molecule has 0 radical (unpaired) electrons. The van der Waals surface area contributed by atoms with Gasteiger partial charge >= 0.3 is 0 Å². The van der Waals surface area contributed by atoms with Crippen LogP contribution in [0, 0.1) is 5.92 Å². The zero-order chi connectivity index (χ0) is 10.5. The van der Waals surface area contributed by atoms with Crippen LogP contribution in [0.15, 0.2) is 0 Å². The predicted octanol–water partition coefficient (Wildman–Crippen LogP) is 2.44. The molecule has 3 heterocycles. The minimum atomic E-state index is -0.690. The van der Waals surface area contributed by atoms with E-state index in [9.17, 15) is 0 Å². The van der Waals surface area contributed by atoms with Crippen LogP contribution in [0.3, 0.4) is 0 Å². The molecule has 1 unspecified atom stereocenters. The van der Waals surface area contributed by atoms with Gasteiger partial charge in [0.2, 0.25) is 0 Å². The molecule has 15 heavy (non-hydrogen) atoms. The van der Waals surface area contributed by atoms with Gasteiger partial charge in [-0.1, -0.05) is 20.3 Å². The number of rotatable bonds is 3. The second-order valence-corrected chi connectivity index (χ2v) is 5.22. The van der Waals surface area contributed by atoms with E-state index in [1.807, 2.05) is 0 Å². The molecule has 0 spiro atoms. The maximum Gasteiger partial charge on any atom is 0.286 e. The quantitative estimate of drug-likeness (QED) is 0.719. The van der Waals surface area contributed by atoms with Crippen LogP contribution in [-0.2, 0) is 14.2 Å². The summed E-state index contributed by atoms with van der Waals surface area (Å²) in [6.07, 6.45) is 6.62. The van der Waals surface area contributed by atoms with Crippen LogP contribution >= 0.6 is 0 Å². The van der Waals surface area contributed by atoms with E-state index in [0.29, 0.717) is 24.2 Å². The molecule has 1 saturated carbocycles. The van der Waals surface area contributed by atoms with Crippen molar-refractivity contribution in [3.63, 3.8) is 0 Å². The van der Waals surface area contributed by atoms with Gasteiger partial charge in [0, 0.05) is 25.2 Å². The molecule has 86 valence electrons. The first-order valence-corrected chi connectivity index (χ1v) is 6.25. The number of hydrogen-bond donors (Lipinski definition) is 0. The number of hydrogen-bond acceptors (Lipinski definition) is 3. The van der Waals surface area contributed by atoms with Gasteiger partial charge in [-0.25, -0.2) is 0 Å². The highest BCUT2D eigenvalue weighted by molar-refractivity contribution is 4.93. The average Bonchev–Trinajstić information content (AvgIpc) is 2.15. The van der Waals surface area contributed by atoms with Gasteiger partial charge in [0.05, 0.1) is 18.3 Å². The summed E-state index contributed by atoms with van der Waals surface area (Å²) in [5.41, 5.74) is 0.